The lowest BCUT2D eigenvalue weighted by atomic mass is 10.1. The van der Waals surface area contributed by atoms with Gasteiger partial charge in [-0.15, -0.1) is 0 Å². The smallest absolute Gasteiger partial charge is 0.289 e. The summed E-state index contributed by atoms with van der Waals surface area (Å²) in [5.41, 5.74) is 3.84. The predicted molar refractivity (Wildman–Crippen MR) is 123 cm³/mol. The van der Waals surface area contributed by atoms with Gasteiger partial charge in [0.15, 0.2) is 0 Å². The highest BCUT2D eigenvalue weighted by Gasteiger charge is 2.14. The maximum atomic E-state index is 12.8. The molecule has 0 aliphatic heterocycles. The molecule has 0 aliphatic carbocycles. The van der Waals surface area contributed by atoms with Crippen molar-refractivity contribution in [1.29, 1.82) is 0 Å². The Labute approximate surface area is 181 Å². The number of fused-ring (bicyclic) bond motifs is 1. The fourth-order valence-corrected chi connectivity index (χ4v) is 3.24. The summed E-state index contributed by atoms with van der Waals surface area (Å²) in [5, 5.41) is 7.08. The zero-order valence-electron chi connectivity index (χ0n) is 17.6. The van der Waals surface area contributed by atoms with E-state index >= 15 is 0 Å². The first-order valence-electron chi connectivity index (χ1n) is 10.2. The quantitative estimate of drug-likeness (QED) is 0.453. The monoisotopic (exact) mass is 412 g/mol. The second-order valence-corrected chi connectivity index (χ2v) is 7.12. The van der Waals surface area contributed by atoms with Crippen LogP contribution >= 0.6 is 0 Å². The highest BCUT2D eigenvalue weighted by Crippen LogP contribution is 2.24. The maximum Gasteiger partial charge on any atom is 0.289 e. The highest BCUT2D eigenvalue weighted by molar-refractivity contribution is 5.97. The SMILES string of the molecule is CCc1ccc(Nc2nc(C(=O)NCc3ccc(OC)cc3)nc3ccccc23)cc1. The number of aromatic nitrogens is 2. The fraction of sp³-hybridized carbons (Fsp3) is 0.160. The van der Waals surface area contributed by atoms with Crippen LogP contribution in [-0.2, 0) is 13.0 Å². The van der Waals surface area contributed by atoms with Crippen LogP contribution in [0.5, 0.6) is 5.75 Å². The second kappa shape index (κ2) is 9.26. The van der Waals surface area contributed by atoms with E-state index in [2.05, 4.69) is 39.7 Å². The highest BCUT2D eigenvalue weighted by atomic mass is 16.5. The Morgan fingerprint density at radius 1 is 0.903 bits per heavy atom. The minimum Gasteiger partial charge on any atom is -0.497 e. The number of carbonyl (C=O) groups is 1. The first-order chi connectivity index (χ1) is 15.2. The molecule has 0 atom stereocenters. The summed E-state index contributed by atoms with van der Waals surface area (Å²) in [7, 11) is 1.62. The Morgan fingerprint density at radius 3 is 2.32 bits per heavy atom. The van der Waals surface area contributed by atoms with E-state index < -0.39 is 0 Å². The number of anilines is 2. The molecule has 31 heavy (non-hydrogen) atoms. The van der Waals surface area contributed by atoms with Gasteiger partial charge in [-0.2, -0.15) is 0 Å². The van der Waals surface area contributed by atoms with Crippen LogP contribution in [0.1, 0.15) is 28.7 Å². The van der Waals surface area contributed by atoms with Gasteiger partial charge in [-0.1, -0.05) is 43.3 Å². The molecular formula is C25H24N4O2. The Hall–Kier alpha value is -3.93. The summed E-state index contributed by atoms with van der Waals surface area (Å²) in [4.78, 5) is 21.8. The van der Waals surface area contributed by atoms with E-state index in [1.807, 2.05) is 60.7 Å². The van der Waals surface area contributed by atoms with Crippen LogP contribution in [0.15, 0.2) is 72.8 Å². The van der Waals surface area contributed by atoms with Gasteiger partial charge in [-0.3, -0.25) is 4.79 Å². The van der Waals surface area contributed by atoms with E-state index in [1.54, 1.807) is 7.11 Å². The van der Waals surface area contributed by atoms with Crippen LogP contribution in [0.4, 0.5) is 11.5 Å². The lowest BCUT2D eigenvalue weighted by Crippen LogP contribution is -2.25. The van der Waals surface area contributed by atoms with E-state index in [-0.39, 0.29) is 11.7 Å². The molecule has 2 N–H and O–H groups in total. The van der Waals surface area contributed by atoms with Gasteiger partial charge in [0.25, 0.3) is 5.91 Å². The molecule has 0 bridgehead atoms. The van der Waals surface area contributed by atoms with E-state index in [0.717, 1.165) is 28.8 Å². The van der Waals surface area contributed by atoms with Gasteiger partial charge in [-0.25, -0.2) is 9.97 Å². The number of aryl methyl sites for hydroxylation is 1. The molecule has 0 saturated heterocycles. The number of methoxy groups -OCH3 is 1. The zero-order valence-corrected chi connectivity index (χ0v) is 17.6. The first kappa shape index (κ1) is 20.3. The Bertz CT molecular complexity index is 1190. The number of para-hydroxylation sites is 1. The lowest BCUT2D eigenvalue weighted by Gasteiger charge is -2.12. The number of benzene rings is 3. The number of nitrogens with zero attached hydrogens (tertiary/aromatic N) is 2. The average molecular weight is 412 g/mol. The summed E-state index contributed by atoms with van der Waals surface area (Å²) >= 11 is 0. The number of hydrogen-bond acceptors (Lipinski definition) is 5. The number of ether oxygens (including phenoxy) is 1. The van der Waals surface area contributed by atoms with Gasteiger partial charge < -0.3 is 15.4 Å². The molecule has 6 heteroatoms. The van der Waals surface area contributed by atoms with E-state index in [9.17, 15) is 4.79 Å². The molecule has 0 radical (unpaired) electrons. The van der Waals surface area contributed by atoms with Gasteiger partial charge in [0.2, 0.25) is 5.82 Å². The standard InChI is InChI=1S/C25H24N4O2/c1-3-17-8-12-19(13-9-17)27-23-21-6-4-5-7-22(21)28-24(29-23)25(30)26-16-18-10-14-20(31-2)15-11-18/h4-15H,3,16H2,1-2H3,(H,26,30)(H,27,28,29). The third kappa shape index (κ3) is 4.80. The largest absolute Gasteiger partial charge is 0.497 e. The summed E-state index contributed by atoms with van der Waals surface area (Å²) in [6.45, 7) is 2.50. The Kier molecular flexibility index (Phi) is 6.08. The van der Waals surface area contributed by atoms with Gasteiger partial charge in [-0.05, 0) is 53.9 Å². The molecular weight excluding hydrogens is 388 g/mol. The van der Waals surface area contributed by atoms with Crippen LogP contribution < -0.4 is 15.4 Å². The molecule has 4 rings (SSSR count). The molecule has 1 heterocycles. The third-order valence-corrected chi connectivity index (χ3v) is 5.04. The lowest BCUT2D eigenvalue weighted by molar-refractivity contribution is 0.0941. The van der Waals surface area contributed by atoms with E-state index in [0.29, 0.717) is 17.9 Å². The van der Waals surface area contributed by atoms with Gasteiger partial charge in [0.05, 0.1) is 12.6 Å². The molecule has 0 aliphatic rings. The molecule has 0 fully saturated rings. The van der Waals surface area contributed by atoms with Crippen molar-refractivity contribution < 1.29 is 9.53 Å². The second-order valence-electron chi connectivity index (χ2n) is 7.12. The molecule has 4 aromatic rings. The van der Waals surface area contributed by atoms with Crippen molar-refractivity contribution in [1.82, 2.24) is 15.3 Å². The number of hydrogen-bond donors (Lipinski definition) is 2. The Morgan fingerprint density at radius 2 is 1.61 bits per heavy atom. The molecule has 0 unspecified atom stereocenters. The van der Waals surface area contributed by atoms with Crippen molar-refractivity contribution in [3.8, 4) is 5.75 Å². The molecule has 1 aromatic heterocycles. The molecule has 3 aromatic carbocycles. The van der Waals surface area contributed by atoms with Crippen LogP contribution in [-0.4, -0.2) is 23.0 Å². The van der Waals surface area contributed by atoms with E-state index in [4.69, 9.17) is 4.74 Å². The number of nitrogens with one attached hydrogen (secondary N) is 2. The van der Waals surface area contributed by atoms with Gasteiger partial charge >= 0.3 is 0 Å². The van der Waals surface area contributed by atoms with Gasteiger partial charge in [0, 0.05) is 17.6 Å². The van der Waals surface area contributed by atoms with Crippen molar-refractivity contribution >= 4 is 28.3 Å². The maximum absolute atomic E-state index is 12.8. The zero-order chi connectivity index (χ0) is 21.6. The van der Waals surface area contributed by atoms with Crippen LogP contribution in [0.2, 0.25) is 0 Å². The summed E-state index contributed by atoms with van der Waals surface area (Å²) in [5.74, 6) is 1.17. The van der Waals surface area contributed by atoms with Crippen LogP contribution in [0, 0.1) is 0 Å². The van der Waals surface area contributed by atoms with E-state index in [1.165, 1.54) is 5.56 Å². The van der Waals surface area contributed by atoms with Crippen LogP contribution in [0.3, 0.4) is 0 Å². The summed E-state index contributed by atoms with van der Waals surface area (Å²) in [6.07, 6.45) is 0.981. The molecule has 156 valence electrons. The topological polar surface area (TPSA) is 76.1 Å². The minimum absolute atomic E-state index is 0.125. The Balaban J connectivity index is 1.57. The first-order valence-corrected chi connectivity index (χ1v) is 10.2. The van der Waals surface area contributed by atoms with Crippen molar-refractivity contribution in [2.45, 2.75) is 19.9 Å². The third-order valence-electron chi connectivity index (χ3n) is 5.04. The predicted octanol–water partition coefficient (Wildman–Crippen LogP) is 4.87. The number of carbonyl (C=O) groups excluding carboxylic acids is 1. The molecule has 0 saturated carbocycles. The van der Waals surface area contributed by atoms with Crippen molar-refractivity contribution in [3.63, 3.8) is 0 Å². The average Bonchev–Trinajstić information content (AvgIpc) is 2.83. The molecule has 0 spiro atoms. The van der Waals surface area contributed by atoms with Crippen molar-refractivity contribution in [3.05, 3.63) is 89.7 Å². The molecule has 1 amide bonds. The molecule has 6 nitrogen and oxygen atoms in total. The normalized spacial score (nSPS) is 10.6. The fourth-order valence-electron chi connectivity index (χ4n) is 3.24. The van der Waals surface area contributed by atoms with Crippen molar-refractivity contribution in [2.24, 2.45) is 0 Å². The van der Waals surface area contributed by atoms with Crippen LogP contribution in [0.25, 0.3) is 10.9 Å². The summed E-state index contributed by atoms with van der Waals surface area (Å²) in [6, 6.07) is 23.4. The number of amides is 1. The number of rotatable bonds is 7. The summed E-state index contributed by atoms with van der Waals surface area (Å²) < 4.78 is 5.17. The van der Waals surface area contributed by atoms with Crippen molar-refractivity contribution in [2.75, 3.05) is 12.4 Å². The van der Waals surface area contributed by atoms with Gasteiger partial charge in [0.1, 0.15) is 11.6 Å². The minimum atomic E-state index is -0.328.